The minimum atomic E-state index is -4.19. The fourth-order valence-corrected chi connectivity index (χ4v) is 2.37. The summed E-state index contributed by atoms with van der Waals surface area (Å²) in [6, 6.07) is 2.06. The van der Waals surface area contributed by atoms with Crippen LogP contribution in [0.2, 0.25) is 0 Å². The maximum absolute atomic E-state index is 12.7. The third kappa shape index (κ3) is 4.14. The second-order valence-electron chi connectivity index (χ2n) is 5.26. The van der Waals surface area contributed by atoms with Gasteiger partial charge >= 0.3 is 6.18 Å². The van der Waals surface area contributed by atoms with E-state index in [1.54, 1.807) is 0 Å². The van der Waals surface area contributed by atoms with Crippen LogP contribution in [0.15, 0.2) is 0 Å². The summed E-state index contributed by atoms with van der Waals surface area (Å²) in [6.07, 6.45) is -3.22. The van der Waals surface area contributed by atoms with Gasteiger partial charge in [0.25, 0.3) is 0 Å². The Balaban J connectivity index is 2.61. The zero-order valence-corrected chi connectivity index (χ0v) is 10.8. The lowest BCUT2D eigenvalue weighted by Crippen LogP contribution is -2.51. The van der Waals surface area contributed by atoms with E-state index in [-0.39, 0.29) is 12.8 Å². The highest BCUT2D eigenvalue weighted by molar-refractivity contribution is 5.10. The van der Waals surface area contributed by atoms with Crippen molar-refractivity contribution in [2.45, 2.75) is 37.4 Å². The summed E-state index contributed by atoms with van der Waals surface area (Å²) < 4.78 is 38.2. The van der Waals surface area contributed by atoms with Gasteiger partial charge in [-0.25, -0.2) is 0 Å². The van der Waals surface area contributed by atoms with Crippen LogP contribution in [0.3, 0.4) is 0 Å². The van der Waals surface area contributed by atoms with Gasteiger partial charge in [0.2, 0.25) is 0 Å². The van der Waals surface area contributed by atoms with E-state index in [0.717, 1.165) is 0 Å². The van der Waals surface area contributed by atoms with Crippen molar-refractivity contribution >= 4 is 0 Å². The number of nitrogens with one attached hydrogen (secondary N) is 1. The molecule has 0 heterocycles. The molecule has 0 spiro atoms. The minimum absolute atomic E-state index is 0.125. The van der Waals surface area contributed by atoms with Gasteiger partial charge in [0.05, 0.1) is 12.0 Å². The first-order chi connectivity index (χ1) is 8.29. The third-order valence-corrected chi connectivity index (χ3v) is 3.45. The van der Waals surface area contributed by atoms with Crippen LogP contribution in [0.1, 0.15) is 25.7 Å². The average Bonchev–Trinajstić information content (AvgIpc) is 2.28. The molecule has 0 amide bonds. The average molecular weight is 263 g/mol. The van der Waals surface area contributed by atoms with Crippen molar-refractivity contribution in [2.75, 3.05) is 27.2 Å². The van der Waals surface area contributed by atoms with Crippen LogP contribution >= 0.6 is 0 Å². The van der Waals surface area contributed by atoms with Crippen LogP contribution in [0.5, 0.6) is 0 Å². The summed E-state index contributed by atoms with van der Waals surface area (Å²) in [7, 11) is 3.78. The first-order valence-electron chi connectivity index (χ1n) is 6.17. The molecule has 0 aromatic rings. The van der Waals surface area contributed by atoms with Gasteiger partial charge in [-0.1, -0.05) is 0 Å². The summed E-state index contributed by atoms with van der Waals surface area (Å²) in [5.41, 5.74) is -1.01. The van der Waals surface area contributed by atoms with E-state index in [1.807, 2.05) is 19.0 Å². The lowest BCUT2D eigenvalue weighted by Gasteiger charge is -2.37. The van der Waals surface area contributed by atoms with Crippen LogP contribution in [-0.4, -0.2) is 43.8 Å². The van der Waals surface area contributed by atoms with Crippen LogP contribution in [0.4, 0.5) is 13.2 Å². The Kier molecular flexibility index (Phi) is 5.00. The minimum Gasteiger partial charge on any atom is -0.308 e. The molecule has 0 radical (unpaired) electrons. The largest absolute Gasteiger partial charge is 0.391 e. The smallest absolute Gasteiger partial charge is 0.308 e. The molecule has 104 valence electrons. The fourth-order valence-electron chi connectivity index (χ4n) is 2.37. The maximum atomic E-state index is 12.7. The zero-order chi connectivity index (χ0) is 13.8. The number of nitrogens with zero attached hydrogens (tertiary/aromatic N) is 2. The summed E-state index contributed by atoms with van der Waals surface area (Å²) in [5.74, 6) is -1.35. The Morgan fingerprint density at radius 3 is 2.61 bits per heavy atom. The number of alkyl halides is 3. The highest BCUT2D eigenvalue weighted by atomic mass is 19.4. The summed E-state index contributed by atoms with van der Waals surface area (Å²) in [5, 5.41) is 12.2. The van der Waals surface area contributed by atoms with Crippen molar-refractivity contribution in [3.05, 3.63) is 0 Å². The molecule has 1 saturated carbocycles. The molecule has 1 aliphatic rings. The predicted octanol–water partition coefficient (Wildman–Crippen LogP) is 2.15. The molecule has 0 aliphatic heterocycles. The van der Waals surface area contributed by atoms with Crippen molar-refractivity contribution < 1.29 is 13.2 Å². The molecule has 6 heteroatoms. The molecule has 2 atom stereocenters. The summed E-state index contributed by atoms with van der Waals surface area (Å²) in [6.45, 7) is 1.24. The molecule has 0 aromatic heterocycles. The van der Waals surface area contributed by atoms with Crippen molar-refractivity contribution in [3.63, 3.8) is 0 Å². The molecule has 0 aromatic carbocycles. The maximum Gasteiger partial charge on any atom is 0.391 e. The van der Waals surface area contributed by atoms with Crippen LogP contribution < -0.4 is 5.32 Å². The van der Waals surface area contributed by atoms with Gasteiger partial charge in [0.15, 0.2) is 0 Å². The monoisotopic (exact) mass is 263 g/mol. The number of likely N-dealkylation sites (N-methyl/N-ethyl adjacent to an activating group) is 1. The first kappa shape index (κ1) is 15.3. The van der Waals surface area contributed by atoms with E-state index in [4.69, 9.17) is 0 Å². The SMILES string of the molecule is CN(C)CCNC1(C#N)CCCC(C(F)(F)F)C1. The molecule has 0 saturated heterocycles. The Bertz CT molecular complexity index is 309. The predicted molar refractivity (Wildman–Crippen MR) is 62.9 cm³/mol. The van der Waals surface area contributed by atoms with Gasteiger partial charge in [-0.15, -0.1) is 0 Å². The van der Waals surface area contributed by atoms with Gasteiger partial charge < -0.3 is 4.90 Å². The lowest BCUT2D eigenvalue weighted by atomic mass is 9.76. The molecule has 1 rings (SSSR count). The molecular formula is C12H20F3N3. The van der Waals surface area contributed by atoms with Crippen LogP contribution in [0, 0.1) is 17.2 Å². The molecule has 2 unspecified atom stereocenters. The van der Waals surface area contributed by atoms with Crippen molar-refractivity contribution in [3.8, 4) is 6.07 Å². The highest BCUT2D eigenvalue weighted by Crippen LogP contribution is 2.41. The number of hydrogen-bond donors (Lipinski definition) is 1. The number of hydrogen-bond acceptors (Lipinski definition) is 3. The van der Waals surface area contributed by atoms with E-state index in [1.165, 1.54) is 0 Å². The van der Waals surface area contributed by atoms with E-state index >= 15 is 0 Å². The fraction of sp³-hybridized carbons (Fsp3) is 0.917. The molecule has 1 N–H and O–H groups in total. The van der Waals surface area contributed by atoms with Crippen molar-refractivity contribution in [1.82, 2.24) is 10.2 Å². The lowest BCUT2D eigenvalue weighted by molar-refractivity contribution is -0.186. The Morgan fingerprint density at radius 2 is 2.11 bits per heavy atom. The van der Waals surface area contributed by atoms with Crippen molar-refractivity contribution in [1.29, 1.82) is 5.26 Å². The zero-order valence-electron chi connectivity index (χ0n) is 10.8. The second kappa shape index (κ2) is 5.89. The number of rotatable bonds is 4. The number of halogens is 3. The standard InChI is InChI=1S/C12H20F3N3/c1-18(2)7-6-17-11(9-16)5-3-4-10(8-11)12(13,14)15/h10,17H,3-8H2,1-2H3. The van der Waals surface area contributed by atoms with Gasteiger partial charge in [-0.2, -0.15) is 18.4 Å². The van der Waals surface area contributed by atoms with E-state index < -0.39 is 17.6 Å². The molecule has 0 bridgehead atoms. The molecule has 1 aliphatic carbocycles. The van der Waals surface area contributed by atoms with Gasteiger partial charge in [-0.3, -0.25) is 5.32 Å². The van der Waals surface area contributed by atoms with Gasteiger partial charge in [0, 0.05) is 13.1 Å². The van der Waals surface area contributed by atoms with Crippen molar-refractivity contribution in [2.24, 2.45) is 5.92 Å². The molecular weight excluding hydrogens is 243 g/mol. The third-order valence-electron chi connectivity index (χ3n) is 3.45. The van der Waals surface area contributed by atoms with E-state index in [0.29, 0.717) is 25.9 Å². The van der Waals surface area contributed by atoms with Gasteiger partial charge in [-0.05, 0) is 39.8 Å². The molecule has 18 heavy (non-hydrogen) atoms. The Morgan fingerprint density at radius 1 is 1.44 bits per heavy atom. The van der Waals surface area contributed by atoms with Crippen LogP contribution in [-0.2, 0) is 0 Å². The summed E-state index contributed by atoms with van der Waals surface area (Å²) in [4.78, 5) is 1.93. The van der Waals surface area contributed by atoms with Crippen LogP contribution in [0.25, 0.3) is 0 Å². The second-order valence-corrected chi connectivity index (χ2v) is 5.26. The quantitative estimate of drug-likeness (QED) is 0.844. The van der Waals surface area contributed by atoms with E-state index in [9.17, 15) is 18.4 Å². The molecule has 3 nitrogen and oxygen atoms in total. The molecule has 1 fully saturated rings. The van der Waals surface area contributed by atoms with Gasteiger partial charge in [0.1, 0.15) is 5.54 Å². The Labute approximate surface area is 106 Å². The Hall–Kier alpha value is -0.800. The van der Waals surface area contributed by atoms with E-state index in [2.05, 4.69) is 11.4 Å². The highest BCUT2D eigenvalue weighted by Gasteiger charge is 2.47. The first-order valence-corrected chi connectivity index (χ1v) is 6.17. The topological polar surface area (TPSA) is 39.1 Å². The normalized spacial score (nSPS) is 29.3. The summed E-state index contributed by atoms with van der Waals surface area (Å²) >= 11 is 0. The number of nitriles is 1.